The lowest BCUT2D eigenvalue weighted by atomic mass is 9.82. The minimum absolute atomic E-state index is 0.0498. The van der Waals surface area contributed by atoms with Crippen molar-refractivity contribution < 1.29 is 19.7 Å². The number of aliphatic hydroxyl groups excluding tert-OH is 2. The van der Waals surface area contributed by atoms with Crippen LogP contribution >= 0.6 is 0 Å². The molecule has 0 saturated carbocycles. The Morgan fingerprint density at radius 2 is 1.28 bits per heavy atom. The second-order valence-electron chi connectivity index (χ2n) is 10.2. The number of aliphatic hydroxyl groups is 2. The van der Waals surface area contributed by atoms with Gasteiger partial charge in [-0.1, -0.05) is 97.8 Å². The van der Waals surface area contributed by atoms with Crippen LogP contribution in [-0.2, 0) is 9.47 Å². The minimum Gasteiger partial charge on any atom is -0.394 e. The predicted molar refractivity (Wildman–Crippen MR) is 136 cm³/mol. The van der Waals surface area contributed by atoms with Crippen molar-refractivity contribution in [3.05, 3.63) is 0 Å². The lowest BCUT2D eigenvalue weighted by molar-refractivity contribution is 0.0336. The normalized spacial score (nSPS) is 13.0. The van der Waals surface area contributed by atoms with E-state index < -0.39 is 6.10 Å². The highest BCUT2D eigenvalue weighted by molar-refractivity contribution is 4.69. The summed E-state index contributed by atoms with van der Waals surface area (Å²) < 4.78 is 10.7. The van der Waals surface area contributed by atoms with E-state index >= 15 is 0 Å². The van der Waals surface area contributed by atoms with Gasteiger partial charge in [0, 0.05) is 19.7 Å². The average Bonchev–Trinajstić information content (AvgIpc) is 2.76. The zero-order valence-electron chi connectivity index (χ0n) is 21.8. The number of hydrogen-bond acceptors (Lipinski definition) is 5. The molecule has 0 rings (SSSR count). The van der Waals surface area contributed by atoms with Crippen LogP contribution in [0.1, 0.15) is 117 Å². The molecule has 32 heavy (non-hydrogen) atoms. The topological polar surface area (TPSA) is 71.0 Å². The first-order valence-electron chi connectivity index (χ1n) is 13.7. The third-order valence-corrected chi connectivity index (χ3v) is 6.20. The van der Waals surface area contributed by atoms with Gasteiger partial charge in [-0.25, -0.2) is 0 Å². The molecule has 0 aromatic carbocycles. The van der Waals surface area contributed by atoms with E-state index in [9.17, 15) is 5.11 Å². The van der Waals surface area contributed by atoms with Gasteiger partial charge in [0.25, 0.3) is 0 Å². The second-order valence-corrected chi connectivity index (χ2v) is 10.2. The quantitative estimate of drug-likeness (QED) is 0.141. The first-order chi connectivity index (χ1) is 15.5. The van der Waals surface area contributed by atoms with Gasteiger partial charge >= 0.3 is 0 Å². The number of rotatable bonds is 26. The molecule has 5 nitrogen and oxygen atoms in total. The fourth-order valence-electron chi connectivity index (χ4n) is 4.06. The van der Waals surface area contributed by atoms with E-state index in [0.29, 0.717) is 38.3 Å². The Balaban J connectivity index is 3.32. The van der Waals surface area contributed by atoms with Gasteiger partial charge in [-0.2, -0.15) is 0 Å². The number of unbranched alkanes of at least 4 members (excludes halogenated alkanes) is 11. The SMILES string of the molecule is CCCCCCCCC(C)(C)CCCCCCCCCOCC(O)CNCCOCCO. The highest BCUT2D eigenvalue weighted by Gasteiger charge is 2.16. The highest BCUT2D eigenvalue weighted by Crippen LogP contribution is 2.30. The standard InChI is InChI=1S/C27H57NO4/c1-4-5-6-7-11-14-17-27(2,3)18-15-12-9-8-10-13-16-21-32-25-26(30)24-28-19-22-31-23-20-29/h26,28-30H,4-25H2,1-3H3. The van der Waals surface area contributed by atoms with E-state index in [1.807, 2.05) is 0 Å². The Bertz CT molecular complexity index is 366. The number of ether oxygens (including phenoxy) is 2. The first-order valence-corrected chi connectivity index (χ1v) is 13.7. The summed E-state index contributed by atoms with van der Waals surface area (Å²) in [6, 6.07) is 0. The summed E-state index contributed by atoms with van der Waals surface area (Å²) in [7, 11) is 0. The third-order valence-electron chi connectivity index (χ3n) is 6.20. The maximum atomic E-state index is 9.86. The summed E-state index contributed by atoms with van der Waals surface area (Å²) in [5.74, 6) is 0. The zero-order valence-corrected chi connectivity index (χ0v) is 21.8. The van der Waals surface area contributed by atoms with Crippen molar-refractivity contribution in [3.8, 4) is 0 Å². The molecule has 194 valence electrons. The van der Waals surface area contributed by atoms with Gasteiger partial charge in [0.05, 0.1) is 32.5 Å². The predicted octanol–water partition coefficient (Wildman–Crippen LogP) is 5.86. The van der Waals surface area contributed by atoms with Crippen LogP contribution in [0.15, 0.2) is 0 Å². The van der Waals surface area contributed by atoms with Gasteiger partial charge in [-0.05, 0) is 24.7 Å². The lowest BCUT2D eigenvalue weighted by Crippen LogP contribution is -2.32. The summed E-state index contributed by atoms with van der Waals surface area (Å²) in [6.45, 7) is 10.5. The molecule has 0 aromatic rings. The molecule has 0 saturated heterocycles. The van der Waals surface area contributed by atoms with Crippen LogP contribution in [0.5, 0.6) is 0 Å². The Labute approximate surface area is 200 Å². The summed E-state index contributed by atoms with van der Waals surface area (Å²) in [4.78, 5) is 0. The fraction of sp³-hybridized carbons (Fsp3) is 1.00. The maximum absolute atomic E-state index is 9.86. The molecule has 1 unspecified atom stereocenters. The van der Waals surface area contributed by atoms with Crippen molar-refractivity contribution in [2.75, 3.05) is 46.1 Å². The molecule has 0 radical (unpaired) electrons. The van der Waals surface area contributed by atoms with Gasteiger partial charge < -0.3 is 25.0 Å². The van der Waals surface area contributed by atoms with Crippen molar-refractivity contribution in [2.24, 2.45) is 5.41 Å². The fourth-order valence-corrected chi connectivity index (χ4v) is 4.06. The average molecular weight is 460 g/mol. The number of hydrogen-bond donors (Lipinski definition) is 3. The Morgan fingerprint density at radius 3 is 1.88 bits per heavy atom. The Morgan fingerprint density at radius 1 is 0.719 bits per heavy atom. The molecule has 3 N–H and O–H groups in total. The molecule has 0 aliphatic carbocycles. The van der Waals surface area contributed by atoms with Crippen LogP contribution in [-0.4, -0.2) is 62.4 Å². The van der Waals surface area contributed by atoms with E-state index in [1.165, 1.54) is 89.9 Å². The monoisotopic (exact) mass is 459 g/mol. The van der Waals surface area contributed by atoms with Crippen molar-refractivity contribution in [1.29, 1.82) is 0 Å². The van der Waals surface area contributed by atoms with Gasteiger partial charge in [0.1, 0.15) is 0 Å². The van der Waals surface area contributed by atoms with Crippen LogP contribution in [0.3, 0.4) is 0 Å². The van der Waals surface area contributed by atoms with Crippen LogP contribution in [0, 0.1) is 5.41 Å². The largest absolute Gasteiger partial charge is 0.394 e. The van der Waals surface area contributed by atoms with Gasteiger partial charge in [0.2, 0.25) is 0 Å². The summed E-state index contributed by atoms with van der Waals surface area (Å²) in [6.07, 6.45) is 19.8. The Kier molecular flexibility index (Phi) is 23.8. The zero-order chi connectivity index (χ0) is 23.8. The van der Waals surface area contributed by atoms with Crippen molar-refractivity contribution >= 4 is 0 Å². The van der Waals surface area contributed by atoms with Gasteiger partial charge in [0.15, 0.2) is 0 Å². The summed E-state index contributed by atoms with van der Waals surface area (Å²) >= 11 is 0. The molecule has 0 spiro atoms. The van der Waals surface area contributed by atoms with Crippen molar-refractivity contribution in [2.45, 2.75) is 123 Å². The second kappa shape index (κ2) is 23.9. The first kappa shape index (κ1) is 31.8. The van der Waals surface area contributed by atoms with E-state index in [0.717, 1.165) is 13.0 Å². The lowest BCUT2D eigenvalue weighted by Gasteiger charge is -2.24. The van der Waals surface area contributed by atoms with Gasteiger partial charge in [-0.3, -0.25) is 0 Å². The maximum Gasteiger partial charge on any atom is 0.0897 e. The molecular formula is C27H57NO4. The molecule has 0 fully saturated rings. The van der Waals surface area contributed by atoms with Crippen LogP contribution in [0.4, 0.5) is 0 Å². The third kappa shape index (κ3) is 24.4. The van der Waals surface area contributed by atoms with Crippen molar-refractivity contribution in [1.82, 2.24) is 5.32 Å². The molecule has 0 aliphatic heterocycles. The smallest absolute Gasteiger partial charge is 0.0897 e. The molecule has 0 amide bonds. The van der Waals surface area contributed by atoms with Crippen molar-refractivity contribution in [3.63, 3.8) is 0 Å². The van der Waals surface area contributed by atoms with Crippen LogP contribution < -0.4 is 5.32 Å². The molecule has 0 bridgehead atoms. The van der Waals surface area contributed by atoms with Crippen LogP contribution in [0.2, 0.25) is 0 Å². The molecule has 0 aliphatic rings. The molecule has 1 atom stereocenters. The molecular weight excluding hydrogens is 402 g/mol. The van der Waals surface area contributed by atoms with Gasteiger partial charge in [-0.15, -0.1) is 0 Å². The van der Waals surface area contributed by atoms with E-state index in [1.54, 1.807) is 0 Å². The summed E-state index contributed by atoms with van der Waals surface area (Å²) in [5, 5.41) is 21.6. The van der Waals surface area contributed by atoms with Crippen LogP contribution in [0.25, 0.3) is 0 Å². The number of nitrogens with one attached hydrogen (secondary N) is 1. The Hall–Kier alpha value is -0.200. The molecule has 5 heteroatoms. The summed E-state index contributed by atoms with van der Waals surface area (Å²) in [5.41, 5.74) is 0.524. The molecule has 0 heterocycles. The van der Waals surface area contributed by atoms with E-state index in [2.05, 4.69) is 26.1 Å². The molecule has 0 aromatic heterocycles. The minimum atomic E-state index is -0.474. The van der Waals surface area contributed by atoms with E-state index in [4.69, 9.17) is 14.6 Å². The van der Waals surface area contributed by atoms with E-state index in [-0.39, 0.29) is 6.61 Å². The highest BCUT2D eigenvalue weighted by atomic mass is 16.5.